The van der Waals surface area contributed by atoms with Crippen molar-refractivity contribution in [3.8, 4) is 0 Å². The Morgan fingerprint density at radius 2 is 1.76 bits per heavy atom. The number of carbonyl (C=O) groups is 2. The van der Waals surface area contributed by atoms with Crippen molar-refractivity contribution in [2.45, 2.75) is 0 Å². The predicted octanol–water partition coefficient (Wildman–Crippen LogP) is 3.68. The van der Waals surface area contributed by atoms with E-state index in [0.717, 1.165) is 18.2 Å². The van der Waals surface area contributed by atoms with Crippen molar-refractivity contribution in [2.75, 3.05) is 5.32 Å². The molecule has 0 aliphatic heterocycles. The lowest BCUT2D eigenvalue weighted by atomic mass is 10.1. The summed E-state index contributed by atoms with van der Waals surface area (Å²) in [5.41, 5.74) is -0.189. The van der Waals surface area contributed by atoms with Crippen molar-refractivity contribution in [3.63, 3.8) is 0 Å². The number of hydrogen-bond acceptors (Lipinski definition) is 2. The van der Waals surface area contributed by atoms with Gasteiger partial charge in [-0.15, -0.1) is 0 Å². The molecule has 1 amide bonds. The Bertz CT molecular complexity index is 734. The second-order valence-corrected chi connectivity index (χ2v) is 4.99. The molecule has 0 heterocycles. The summed E-state index contributed by atoms with van der Waals surface area (Å²) in [5.74, 6) is -4.19. The Hall–Kier alpha value is -2.28. The summed E-state index contributed by atoms with van der Waals surface area (Å²) in [5, 5.41) is 11.4. The van der Waals surface area contributed by atoms with Gasteiger partial charge in [-0.2, -0.15) is 0 Å². The van der Waals surface area contributed by atoms with E-state index in [2.05, 4.69) is 21.2 Å². The minimum atomic E-state index is -1.22. The molecular weight excluding hydrogens is 348 g/mol. The number of hydrogen-bond donors (Lipinski definition) is 2. The summed E-state index contributed by atoms with van der Waals surface area (Å²) in [7, 11) is 0. The van der Waals surface area contributed by atoms with Gasteiger partial charge < -0.3 is 10.4 Å². The first kappa shape index (κ1) is 15.1. The van der Waals surface area contributed by atoms with Crippen LogP contribution in [-0.2, 0) is 0 Å². The molecule has 0 saturated heterocycles. The van der Waals surface area contributed by atoms with Gasteiger partial charge in [0.25, 0.3) is 5.91 Å². The first-order valence-electron chi connectivity index (χ1n) is 5.67. The van der Waals surface area contributed by atoms with Crippen molar-refractivity contribution in [3.05, 3.63) is 63.6 Å². The number of carboxylic acid groups (broad SMARTS) is 1. The zero-order valence-corrected chi connectivity index (χ0v) is 11.9. The Morgan fingerprint density at radius 3 is 2.38 bits per heavy atom. The number of carbonyl (C=O) groups excluding carboxylic acids is 1. The highest BCUT2D eigenvalue weighted by Gasteiger charge is 2.15. The molecule has 2 aromatic rings. The molecule has 108 valence electrons. The van der Waals surface area contributed by atoms with Gasteiger partial charge in [0, 0.05) is 10.0 Å². The largest absolute Gasteiger partial charge is 0.478 e. The van der Waals surface area contributed by atoms with E-state index in [9.17, 15) is 18.4 Å². The Balaban J connectivity index is 2.33. The molecule has 4 nitrogen and oxygen atoms in total. The number of benzene rings is 2. The Labute approximate surface area is 126 Å². The van der Waals surface area contributed by atoms with Crippen LogP contribution in [0.1, 0.15) is 20.7 Å². The molecule has 21 heavy (non-hydrogen) atoms. The van der Waals surface area contributed by atoms with Crippen molar-refractivity contribution < 1.29 is 23.5 Å². The molecule has 0 aliphatic rings. The summed E-state index contributed by atoms with van der Waals surface area (Å²) >= 11 is 3.16. The van der Waals surface area contributed by atoms with Crippen LogP contribution in [-0.4, -0.2) is 17.0 Å². The van der Waals surface area contributed by atoms with Crippen LogP contribution in [0.4, 0.5) is 14.5 Å². The maximum atomic E-state index is 13.1. The lowest BCUT2D eigenvalue weighted by Crippen LogP contribution is -2.15. The van der Waals surface area contributed by atoms with Gasteiger partial charge in [-0.1, -0.05) is 15.9 Å². The predicted molar refractivity (Wildman–Crippen MR) is 75.4 cm³/mol. The number of rotatable bonds is 3. The summed E-state index contributed by atoms with van der Waals surface area (Å²) in [4.78, 5) is 23.0. The average Bonchev–Trinajstić information content (AvgIpc) is 2.41. The average molecular weight is 356 g/mol. The summed E-state index contributed by atoms with van der Waals surface area (Å²) < 4.78 is 26.5. The summed E-state index contributed by atoms with van der Waals surface area (Å²) in [6, 6.07) is 6.89. The minimum absolute atomic E-state index is 0.0478. The van der Waals surface area contributed by atoms with Gasteiger partial charge in [-0.05, 0) is 36.4 Å². The first-order valence-corrected chi connectivity index (χ1v) is 6.47. The third-order valence-corrected chi connectivity index (χ3v) is 3.14. The van der Waals surface area contributed by atoms with E-state index in [1.165, 1.54) is 18.2 Å². The monoisotopic (exact) mass is 355 g/mol. The molecule has 0 unspecified atom stereocenters. The van der Waals surface area contributed by atoms with Gasteiger partial charge >= 0.3 is 5.97 Å². The standard InChI is InChI=1S/C14H8BrF2NO3/c15-8-2-3-9(14(20)21)12(6-8)18-13(19)7-1-4-10(16)11(17)5-7/h1-6H,(H,18,19)(H,20,21). The van der Waals surface area contributed by atoms with Gasteiger partial charge in [-0.25, -0.2) is 13.6 Å². The molecule has 0 aliphatic carbocycles. The number of anilines is 1. The lowest BCUT2D eigenvalue weighted by Gasteiger charge is -2.09. The van der Waals surface area contributed by atoms with Gasteiger partial charge in [0.05, 0.1) is 11.3 Å². The highest BCUT2D eigenvalue weighted by molar-refractivity contribution is 9.10. The number of amides is 1. The van der Waals surface area contributed by atoms with Crippen LogP contribution in [0.3, 0.4) is 0 Å². The van der Waals surface area contributed by atoms with Crippen LogP contribution in [0.5, 0.6) is 0 Å². The molecule has 0 spiro atoms. The number of carboxylic acids is 1. The molecule has 0 bridgehead atoms. The zero-order chi connectivity index (χ0) is 15.6. The Morgan fingerprint density at radius 1 is 1.05 bits per heavy atom. The molecule has 2 rings (SSSR count). The number of aromatic carboxylic acids is 1. The maximum absolute atomic E-state index is 13.1. The maximum Gasteiger partial charge on any atom is 0.337 e. The van der Waals surface area contributed by atoms with E-state index in [0.29, 0.717) is 4.47 Å². The molecule has 0 fully saturated rings. The molecule has 0 radical (unpaired) electrons. The van der Waals surface area contributed by atoms with Gasteiger partial charge in [0.1, 0.15) is 0 Å². The van der Waals surface area contributed by atoms with Crippen molar-refractivity contribution in [1.29, 1.82) is 0 Å². The van der Waals surface area contributed by atoms with Crippen LogP contribution in [0.25, 0.3) is 0 Å². The SMILES string of the molecule is O=C(Nc1cc(Br)ccc1C(=O)O)c1ccc(F)c(F)c1. The molecule has 0 atom stereocenters. The highest BCUT2D eigenvalue weighted by atomic mass is 79.9. The fourth-order valence-electron chi connectivity index (χ4n) is 1.64. The van der Waals surface area contributed by atoms with Gasteiger partial charge in [0.2, 0.25) is 0 Å². The molecule has 2 aromatic carbocycles. The van der Waals surface area contributed by atoms with Crippen molar-refractivity contribution >= 4 is 33.5 Å². The summed E-state index contributed by atoms with van der Waals surface area (Å²) in [6.07, 6.45) is 0. The molecule has 0 saturated carbocycles. The van der Waals surface area contributed by atoms with E-state index in [-0.39, 0.29) is 16.8 Å². The summed E-state index contributed by atoms with van der Waals surface area (Å²) in [6.45, 7) is 0. The zero-order valence-electron chi connectivity index (χ0n) is 10.4. The van der Waals surface area contributed by atoms with E-state index < -0.39 is 23.5 Å². The lowest BCUT2D eigenvalue weighted by molar-refractivity contribution is 0.0698. The first-order chi connectivity index (χ1) is 9.88. The fourth-order valence-corrected chi connectivity index (χ4v) is 2.00. The third-order valence-electron chi connectivity index (χ3n) is 2.64. The van der Waals surface area contributed by atoms with Crippen molar-refractivity contribution in [2.24, 2.45) is 0 Å². The van der Waals surface area contributed by atoms with E-state index >= 15 is 0 Å². The molecule has 2 N–H and O–H groups in total. The van der Waals surface area contributed by atoms with Crippen LogP contribution >= 0.6 is 15.9 Å². The molecular formula is C14H8BrF2NO3. The molecule has 7 heteroatoms. The minimum Gasteiger partial charge on any atom is -0.478 e. The van der Waals surface area contributed by atoms with Gasteiger partial charge in [-0.3, -0.25) is 4.79 Å². The number of halogens is 3. The normalized spacial score (nSPS) is 10.2. The van der Waals surface area contributed by atoms with Gasteiger partial charge in [0.15, 0.2) is 11.6 Å². The second kappa shape index (κ2) is 6.01. The quantitative estimate of drug-likeness (QED) is 0.882. The molecule has 0 aromatic heterocycles. The van der Waals surface area contributed by atoms with Crippen molar-refractivity contribution in [1.82, 2.24) is 0 Å². The Kier molecular flexibility index (Phi) is 4.32. The van der Waals surface area contributed by atoms with E-state index in [1.807, 2.05) is 0 Å². The fraction of sp³-hybridized carbons (Fsp3) is 0. The third kappa shape index (κ3) is 3.43. The van der Waals surface area contributed by atoms with Crippen LogP contribution in [0, 0.1) is 11.6 Å². The van der Waals surface area contributed by atoms with E-state index in [4.69, 9.17) is 5.11 Å². The second-order valence-electron chi connectivity index (χ2n) is 4.08. The topological polar surface area (TPSA) is 66.4 Å². The highest BCUT2D eigenvalue weighted by Crippen LogP contribution is 2.22. The van der Waals surface area contributed by atoms with E-state index in [1.54, 1.807) is 0 Å². The smallest absolute Gasteiger partial charge is 0.337 e. The van der Waals surface area contributed by atoms with Crippen LogP contribution < -0.4 is 5.32 Å². The van der Waals surface area contributed by atoms with Crippen LogP contribution in [0.2, 0.25) is 0 Å². The number of nitrogens with one attached hydrogen (secondary N) is 1. The van der Waals surface area contributed by atoms with Crippen LogP contribution in [0.15, 0.2) is 40.9 Å².